The number of rotatable bonds is 3. The fourth-order valence-corrected chi connectivity index (χ4v) is 1.13. The number of halogens is 3. The maximum atomic E-state index is 11.9. The first kappa shape index (κ1) is 16.4. The standard InChI is InChI=1S/C6H10BF2O2.FH.K/c1-2-11-6(10)4-3-5(4)7(8)9;;/h4-5,7H,2-3H2,1H3;1H;/q-1;;+1. The molecule has 7 heteroatoms. The molecule has 0 N–H and O–H groups in total. The largest absolute Gasteiger partial charge is 1.00 e. The second-order valence-corrected chi connectivity index (χ2v) is 2.76. The molecule has 1 aliphatic carbocycles. The summed E-state index contributed by atoms with van der Waals surface area (Å²) in [6.45, 7) is 1.95. The van der Waals surface area contributed by atoms with Gasteiger partial charge in [-0.1, -0.05) is 12.2 Å². The maximum absolute atomic E-state index is 11.9. The first-order valence-electron chi connectivity index (χ1n) is 3.79. The molecule has 0 heterocycles. The van der Waals surface area contributed by atoms with Crippen LogP contribution in [0.3, 0.4) is 0 Å². The molecule has 0 aromatic carbocycles. The second-order valence-electron chi connectivity index (χ2n) is 2.76. The fourth-order valence-electron chi connectivity index (χ4n) is 1.13. The molecule has 0 radical (unpaired) electrons. The summed E-state index contributed by atoms with van der Waals surface area (Å²) in [6, 6.07) is 0. The van der Waals surface area contributed by atoms with Gasteiger partial charge in [-0.15, -0.1) is 0 Å². The van der Waals surface area contributed by atoms with E-state index in [2.05, 4.69) is 4.74 Å². The number of hydrogen-bond donors (Lipinski definition) is 0. The summed E-state index contributed by atoms with van der Waals surface area (Å²) in [4.78, 5) is 10.8. The zero-order valence-corrected chi connectivity index (χ0v) is 10.9. The first-order valence-corrected chi connectivity index (χ1v) is 3.79. The van der Waals surface area contributed by atoms with Crippen LogP contribution in [0.5, 0.6) is 0 Å². The Balaban J connectivity index is 0. The van der Waals surface area contributed by atoms with E-state index in [1.54, 1.807) is 6.92 Å². The van der Waals surface area contributed by atoms with Crippen molar-refractivity contribution in [1.29, 1.82) is 0 Å². The van der Waals surface area contributed by atoms with Crippen LogP contribution in [0.2, 0.25) is 5.82 Å². The Morgan fingerprint density at radius 3 is 2.46 bits per heavy atom. The quantitative estimate of drug-likeness (QED) is 0.418. The minimum Gasteiger partial charge on any atom is -0.481 e. The summed E-state index contributed by atoms with van der Waals surface area (Å²) < 4.78 is 28.5. The smallest absolute Gasteiger partial charge is 0.481 e. The minimum absolute atomic E-state index is 0. The van der Waals surface area contributed by atoms with Gasteiger partial charge in [0.05, 0.1) is 6.61 Å². The molecule has 1 saturated carbocycles. The second kappa shape index (κ2) is 7.28. The van der Waals surface area contributed by atoms with E-state index in [0.717, 1.165) is 0 Å². The molecule has 2 atom stereocenters. The molecule has 1 fully saturated rings. The summed E-state index contributed by atoms with van der Waals surface area (Å²) in [7, 11) is -3.09. The molecule has 0 spiro atoms. The van der Waals surface area contributed by atoms with Gasteiger partial charge in [-0.05, 0) is 6.92 Å². The monoisotopic (exact) mass is 222 g/mol. The predicted molar refractivity (Wildman–Crippen MR) is 40.4 cm³/mol. The number of ether oxygens (including phenoxy) is 1. The topological polar surface area (TPSA) is 26.3 Å². The van der Waals surface area contributed by atoms with Gasteiger partial charge in [-0.3, -0.25) is 9.50 Å². The zero-order valence-electron chi connectivity index (χ0n) is 7.76. The van der Waals surface area contributed by atoms with Crippen LogP contribution in [0.4, 0.5) is 13.3 Å². The molecule has 2 nitrogen and oxygen atoms in total. The summed E-state index contributed by atoms with van der Waals surface area (Å²) >= 11 is 0. The molecular weight excluding hydrogens is 211 g/mol. The van der Waals surface area contributed by atoms with Crippen molar-refractivity contribution in [2.45, 2.75) is 19.2 Å². The Labute approximate surface area is 118 Å². The first-order chi connectivity index (χ1) is 5.16. The van der Waals surface area contributed by atoms with E-state index in [0.29, 0.717) is 6.42 Å². The SMILES string of the molecule is CCOC(=O)C1CC1[BH-](F)F.F.[K+]. The van der Waals surface area contributed by atoms with Crippen LogP contribution in [0.1, 0.15) is 13.3 Å². The number of hydrogen-bond acceptors (Lipinski definition) is 2. The van der Waals surface area contributed by atoms with Gasteiger partial charge in [0.1, 0.15) is 0 Å². The number of carbonyl (C=O) groups is 1. The van der Waals surface area contributed by atoms with Crippen LogP contribution >= 0.6 is 0 Å². The molecule has 13 heavy (non-hydrogen) atoms. The number of esters is 1. The molecule has 0 bridgehead atoms. The summed E-state index contributed by atoms with van der Waals surface area (Å²) in [6.07, 6.45) is 0.325. The molecule has 0 aromatic rings. The fraction of sp³-hybridized carbons (Fsp3) is 0.833. The number of carbonyl (C=O) groups excluding carboxylic acids is 1. The van der Waals surface area contributed by atoms with Crippen LogP contribution in [-0.2, 0) is 9.53 Å². The van der Waals surface area contributed by atoms with Crippen molar-refractivity contribution >= 4 is 13.2 Å². The molecule has 0 saturated heterocycles. The molecule has 72 valence electrons. The maximum Gasteiger partial charge on any atom is 1.00 e. The van der Waals surface area contributed by atoms with Crippen molar-refractivity contribution in [3.05, 3.63) is 0 Å². The molecule has 1 aliphatic rings. The van der Waals surface area contributed by atoms with Crippen molar-refractivity contribution in [2.75, 3.05) is 6.61 Å². The van der Waals surface area contributed by atoms with E-state index in [9.17, 15) is 13.4 Å². The minimum atomic E-state index is -3.09. The molecule has 2 unspecified atom stereocenters. The van der Waals surface area contributed by atoms with Gasteiger partial charge in [-0.2, -0.15) is 0 Å². The van der Waals surface area contributed by atoms with Crippen molar-refractivity contribution in [3.63, 3.8) is 0 Å². The molecule has 0 aromatic heterocycles. The van der Waals surface area contributed by atoms with Crippen molar-refractivity contribution in [2.24, 2.45) is 5.92 Å². The molecule has 0 aliphatic heterocycles. The molecule has 0 amide bonds. The third-order valence-corrected chi connectivity index (χ3v) is 1.91. The van der Waals surface area contributed by atoms with E-state index in [-0.39, 0.29) is 62.7 Å². The Bertz CT molecular complexity index is 170. The van der Waals surface area contributed by atoms with E-state index in [4.69, 9.17) is 0 Å². The predicted octanol–water partition coefficient (Wildman–Crippen LogP) is -1.74. The average Bonchev–Trinajstić information content (AvgIpc) is 2.65. The van der Waals surface area contributed by atoms with E-state index >= 15 is 0 Å². The normalized spacial score (nSPS) is 24.3. The van der Waals surface area contributed by atoms with Gasteiger partial charge in [0, 0.05) is 5.92 Å². The molecular formula is C6H11BF3KO2. The average molecular weight is 222 g/mol. The zero-order chi connectivity index (χ0) is 8.43. The van der Waals surface area contributed by atoms with Crippen LogP contribution in [-0.4, -0.2) is 19.8 Å². The van der Waals surface area contributed by atoms with Crippen LogP contribution in [0.15, 0.2) is 0 Å². The van der Waals surface area contributed by atoms with Crippen molar-refractivity contribution < 1.29 is 74.3 Å². The summed E-state index contributed by atoms with van der Waals surface area (Å²) in [5.74, 6) is -1.61. The third kappa shape index (κ3) is 4.83. The summed E-state index contributed by atoms with van der Waals surface area (Å²) in [5.41, 5.74) is 0. The van der Waals surface area contributed by atoms with E-state index < -0.39 is 25.0 Å². The van der Waals surface area contributed by atoms with Crippen molar-refractivity contribution in [1.82, 2.24) is 0 Å². The Morgan fingerprint density at radius 1 is 1.62 bits per heavy atom. The van der Waals surface area contributed by atoms with Gasteiger partial charge >= 0.3 is 57.4 Å². The van der Waals surface area contributed by atoms with Crippen LogP contribution in [0, 0.1) is 5.92 Å². The van der Waals surface area contributed by atoms with Crippen molar-refractivity contribution in [3.8, 4) is 0 Å². The Morgan fingerprint density at radius 2 is 2.15 bits per heavy atom. The Kier molecular flexibility index (Phi) is 9.18. The van der Waals surface area contributed by atoms with Gasteiger partial charge in [0.2, 0.25) is 0 Å². The van der Waals surface area contributed by atoms with Gasteiger partial charge in [0.15, 0.2) is 0 Å². The third-order valence-electron chi connectivity index (χ3n) is 1.91. The van der Waals surface area contributed by atoms with Crippen LogP contribution in [0.25, 0.3) is 0 Å². The Hall–Kier alpha value is 0.961. The van der Waals surface area contributed by atoms with Gasteiger partial charge in [-0.25, -0.2) is 0 Å². The van der Waals surface area contributed by atoms with Gasteiger partial charge < -0.3 is 13.4 Å². The van der Waals surface area contributed by atoms with Gasteiger partial charge in [0.25, 0.3) is 7.27 Å². The van der Waals surface area contributed by atoms with Crippen LogP contribution < -0.4 is 51.4 Å². The molecule has 1 rings (SSSR count). The summed E-state index contributed by atoms with van der Waals surface area (Å²) in [5, 5.41) is 0. The van der Waals surface area contributed by atoms with E-state index in [1.807, 2.05) is 0 Å². The van der Waals surface area contributed by atoms with E-state index in [1.165, 1.54) is 0 Å².